The van der Waals surface area contributed by atoms with Crippen LogP contribution in [0.15, 0.2) is 77.9 Å². The zero-order chi connectivity index (χ0) is 27.4. The SMILES string of the molecule is CONC(=O)c1ccc(C)c(-n2ccnc(N[C@@H](c3cccc4ccccc34)[C@@H](C)CN3CCCC3)c2=O)c1. The molecule has 0 unspecified atom stereocenters. The van der Waals surface area contributed by atoms with E-state index in [1.165, 1.54) is 20.0 Å². The topological polar surface area (TPSA) is 88.5 Å². The van der Waals surface area contributed by atoms with E-state index in [4.69, 9.17) is 4.84 Å². The van der Waals surface area contributed by atoms with Crippen molar-refractivity contribution in [3.63, 3.8) is 0 Å². The summed E-state index contributed by atoms with van der Waals surface area (Å²) in [5.41, 5.74) is 5.06. The van der Waals surface area contributed by atoms with Crippen LogP contribution in [0.1, 0.15) is 47.3 Å². The summed E-state index contributed by atoms with van der Waals surface area (Å²) in [5.74, 6) is 0.104. The maximum absolute atomic E-state index is 13.8. The lowest BCUT2D eigenvalue weighted by atomic mass is 9.90. The summed E-state index contributed by atoms with van der Waals surface area (Å²) in [6.45, 7) is 7.29. The fourth-order valence-electron chi connectivity index (χ4n) is 5.54. The molecule has 1 aliphatic rings. The lowest BCUT2D eigenvalue weighted by Gasteiger charge is -2.30. The Bertz CT molecular complexity index is 1520. The van der Waals surface area contributed by atoms with E-state index in [0.717, 1.165) is 41.5 Å². The molecule has 202 valence electrons. The van der Waals surface area contributed by atoms with Gasteiger partial charge in [0.2, 0.25) is 0 Å². The lowest BCUT2D eigenvalue weighted by Crippen LogP contribution is -2.33. The Morgan fingerprint density at radius 1 is 1.08 bits per heavy atom. The fraction of sp³-hybridized carbons (Fsp3) is 0.323. The number of benzene rings is 3. The van der Waals surface area contributed by atoms with Gasteiger partial charge in [0.25, 0.3) is 11.5 Å². The van der Waals surface area contributed by atoms with Gasteiger partial charge in [0.05, 0.1) is 18.8 Å². The van der Waals surface area contributed by atoms with Gasteiger partial charge in [-0.2, -0.15) is 0 Å². The van der Waals surface area contributed by atoms with Crippen molar-refractivity contribution in [2.45, 2.75) is 32.7 Å². The van der Waals surface area contributed by atoms with Gasteiger partial charge in [0.15, 0.2) is 5.82 Å². The maximum atomic E-state index is 13.8. The van der Waals surface area contributed by atoms with Gasteiger partial charge in [-0.25, -0.2) is 10.5 Å². The standard InChI is InChI=1S/C31H35N5O3/c1-21-13-14-24(30(37)34-39-3)19-27(21)36-18-15-32-29(31(36)38)33-28(22(2)20-35-16-6-7-17-35)26-12-8-10-23-9-4-5-11-25(23)26/h4-5,8-15,18-19,22,28H,6-7,16-17,20H2,1-3H3,(H,32,33)(H,34,37)/t22-,28+/m0/s1. The normalized spacial score (nSPS) is 15.3. The molecule has 4 aromatic rings. The first-order valence-corrected chi connectivity index (χ1v) is 13.4. The van der Waals surface area contributed by atoms with E-state index in [0.29, 0.717) is 11.3 Å². The van der Waals surface area contributed by atoms with Crippen LogP contribution >= 0.6 is 0 Å². The third-order valence-corrected chi connectivity index (χ3v) is 7.53. The zero-order valence-corrected chi connectivity index (χ0v) is 22.7. The third kappa shape index (κ3) is 5.72. The second kappa shape index (κ2) is 11.8. The molecule has 8 heteroatoms. The van der Waals surface area contributed by atoms with Gasteiger partial charge in [-0.15, -0.1) is 0 Å². The maximum Gasteiger partial charge on any atom is 0.297 e. The van der Waals surface area contributed by atoms with Crippen LogP contribution in [0.2, 0.25) is 0 Å². The first-order valence-electron chi connectivity index (χ1n) is 13.4. The van der Waals surface area contributed by atoms with Crippen LogP contribution in [0.3, 0.4) is 0 Å². The van der Waals surface area contributed by atoms with Crippen molar-refractivity contribution in [1.82, 2.24) is 19.9 Å². The minimum Gasteiger partial charge on any atom is -0.358 e. The number of amides is 1. The molecular formula is C31H35N5O3. The Labute approximate surface area is 228 Å². The molecule has 39 heavy (non-hydrogen) atoms. The van der Waals surface area contributed by atoms with Gasteiger partial charge in [-0.1, -0.05) is 55.5 Å². The van der Waals surface area contributed by atoms with Crippen molar-refractivity contribution in [2.75, 3.05) is 32.1 Å². The van der Waals surface area contributed by atoms with Gasteiger partial charge < -0.3 is 10.2 Å². The molecule has 2 N–H and O–H groups in total. The first kappa shape index (κ1) is 26.6. The number of aromatic nitrogens is 2. The number of fused-ring (bicyclic) bond motifs is 1. The largest absolute Gasteiger partial charge is 0.358 e. The van der Waals surface area contributed by atoms with Crippen molar-refractivity contribution in [2.24, 2.45) is 5.92 Å². The number of nitrogens with one attached hydrogen (secondary N) is 2. The first-order chi connectivity index (χ1) is 19.0. The highest BCUT2D eigenvalue weighted by Gasteiger charge is 2.26. The predicted octanol–water partition coefficient (Wildman–Crippen LogP) is 4.87. The monoisotopic (exact) mass is 525 g/mol. The van der Waals surface area contributed by atoms with E-state index in [9.17, 15) is 9.59 Å². The van der Waals surface area contributed by atoms with E-state index >= 15 is 0 Å². The summed E-state index contributed by atoms with van der Waals surface area (Å²) < 4.78 is 1.54. The highest BCUT2D eigenvalue weighted by atomic mass is 16.6. The van der Waals surface area contributed by atoms with Gasteiger partial charge in [0, 0.05) is 24.5 Å². The summed E-state index contributed by atoms with van der Waals surface area (Å²) in [6.07, 6.45) is 5.71. The van der Waals surface area contributed by atoms with E-state index in [1.807, 2.05) is 19.1 Å². The van der Waals surface area contributed by atoms with Crippen LogP contribution in [0.5, 0.6) is 0 Å². The number of likely N-dealkylation sites (tertiary alicyclic amines) is 1. The average Bonchev–Trinajstić information content (AvgIpc) is 3.46. The average molecular weight is 526 g/mol. The molecule has 1 saturated heterocycles. The highest BCUT2D eigenvalue weighted by molar-refractivity contribution is 5.94. The van der Waals surface area contributed by atoms with E-state index in [-0.39, 0.29) is 29.2 Å². The van der Waals surface area contributed by atoms with Gasteiger partial charge in [0.1, 0.15) is 0 Å². The Balaban J connectivity index is 1.54. The summed E-state index contributed by atoms with van der Waals surface area (Å²) in [5, 5.41) is 5.87. The van der Waals surface area contributed by atoms with Crippen molar-refractivity contribution in [3.8, 4) is 5.69 Å². The van der Waals surface area contributed by atoms with Crippen LogP contribution in [0.4, 0.5) is 5.82 Å². The molecule has 0 bridgehead atoms. The molecule has 0 saturated carbocycles. The minimum atomic E-state index is -0.383. The molecule has 1 fully saturated rings. The fourth-order valence-corrected chi connectivity index (χ4v) is 5.54. The molecule has 1 aliphatic heterocycles. The zero-order valence-electron chi connectivity index (χ0n) is 22.7. The van der Waals surface area contributed by atoms with Crippen LogP contribution in [0, 0.1) is 12.8 Å². The van der Waals surface area contributed by atoms with Gasteiger partial charge in [-0.3, -0.25) is 19.0 Å². The number of anilines is 1. The minimum absolute atomic E-state index is 0.132. The summed E-state index contributed by atoms with van der Waals surface area (Å²) in [4.78, 5) is 37.9. The number of rotatable bonds is 9. The summed E-state index contributed by atoms with van der Waals surface area (Å²) in [7, 11) is 1.38. The predicted molar refractivity (Wildman–Crippen MR) is 154 cm³/mol. The molecule has 0 spiro atoms. The number of carbonyl (C=O) groups excluding carboxylic acids is 1. The Hall–Kier alpha value is -4.01. The van der Waals surface area contributed by atoms with Crippen LogP contribution in [0.25, 0.3) is 16.5 Å². The Kier molecular flexibility index (Phi) is 8.05. The number of carbonyl (C=O) groups is 1. The number of hydrogen-bond acceptors (Lipinski definition) is 6. The number of nitrogens with zero attached hydrogens (tertiary/aromatic N) is 3. The number of aryl methyl sites for hydroxylation is 1. The van der Waals surface area contributed by atoms with Crippen molar-refractivity contribution >= 4 is 22.5 Å². The van der Waals surface area contributed by atoms with E-state index in [2.05, 4.69) is 64.0 Å². The molecule has 2 heterocycles. The summed E-state index contributed by atoms with van der Waals surface area (Å²) in [6, 6.07) is 19.8. The number of hydroxylamine groups is 1. The Morgan fingerprint density at radius 2 is 1.85 bits per heavy atom. The van der Waals surface area contributed by atoms with Crippen LogP contribution in [-0.2, 0) is 4.84 Å². The van der Waals surface area contributed by atoms with E-state index in [1.54, 1.807) is 29.1 Å². The van der Waals surface area contributed by atoms with Gasteiger partial charge >= 0.3 is 0 Å². The molecule has 0 aliphatic carbocycles. The van der Waals surface area contributed by atoms with Gasteiger partial charge in [-0.05, 0) is 72.8 Å². The second-order valence-corrected chi connectivity index (χ2v) is 10.3. The summed E-state index contributed by atoms with van der Waals surface area (Å²) >= 11 is 0. The molecular weight excluding hydrogens is 490 g/mol. The molecule has 1 aromatic heterocycles. The van der Waals surface area contributed by atoms with Crippen LogP contribution in [-0.4, -0.2) is 47.1 Å². The molecule has 3 aromatic carbocycles. The third-order valence-electron chi connectivity index (χ3n) is 7.53. The highest BCUT2D eigenvalue weighted by Crippen LogP contribution is 2.32. The molecule has 1 amide bonds. The van der Waals surface area contributed by atoms with E-state index < -0.39 is 0 Å². The molecule has 2 atom stereocenters. The van der Waals surface area contributed by atoms with Crippen molar-refractivity contribution < 1.29 is 9.63 Å². The lowest BCUT2D eigenvalue weighted by molar-refractivity contribution is 0.0537. The van der Waals surface area contributed by atoms with Crippen molar-refractivity contribution in [3.05, 3.63) is 100 Å². The Morgan fingerprint density at radius 3 is 2.64 bits per heavy atom. The number of hydrogen-bond donors (Lipinski definition) is 2. The molecule has 5 rings (SSSR count). The molecule has 0 radical (unpaired) electrons. The quantitative estimate of drug-likeness (QED) is 0.303. The van der Waals surface area contributed by atoms with Crippen molar-refractivity contribution in [1.29, 1.82) is 0 Å². The smallest absolute Gasteiger partial charge is 0.297 e. The van der Waals surface area contributed by atoms with Crippen LogP contribution < -0.4 is 16.4 Å². The second-order valence-electron chi connectivity index (χ2n) is 10.3. The molecule has 8 nitrogen and oxygen atoms in total.